The summed E-state index contributed by atoms with van der Waals surface area (Å²) in [5.41, 5.74) is 0.519. The van der Waals surface area contributed by atoms with E-state index in [2.05, 4.69) is 0 Å². The fraction of sp³-hybridized carbons (Fsp3) is 0.200. The zero-order valence-corrected chi connectivity index (χ0v) is 16.4. The first-order chi connectivity index (χ1) is 11.7. The van der Waals surface area contributed by atoms with Gasteiger partial charge >= 0.3 is 10.1 Å². The molecule has 0 saturated carbocycles. The second-order valence-electron chi connectivity index (χ2n) is 5.69. The SMILES string of the molecule is Cc1cc(O)cc(OS(=O)(=O)c2ccc(S(C)(=O)=O)cc2S(C)(=O)=O)c1. The molecule has 8 nitrogen and oxygen atoms in total. The van der Waals surface area contributed by atoms with Gasteiger partial charge in [0.2, 0.25) is 0 Å². The molecule has 0 saturated heterocycles. The third kappa shape index (κ3) is 4.54. The molecule has 0 fully saturated rings. The molecule has 0 amide bonds. The lowest BCUT2D eigenvalue weighted by Crippen LogP contribution is -2.15. The number of hydrogen-bond acceptors (Lipinski definition) is 8. The Morgan fingerprint density at radius 2 is 1.42 bits per heavy atom. The molecule has 142 valence electrons. The molecule has 11 heteroatoms. The summed E-state index contributed by atoms with van der Waals surface area (Å²) in [7, 11) is -12.4. The summed E-state index contributed by atoms with van der Waals surface area (Å²) in [6.45, 7) is 1.60. The molecule has 0 aromatic heterocycles. The lowest BCUT2D eigenvalue weighted by molar-refractivity contribution is 0.461. The van der Waals surface area contributed by atoms with Crippen molar-refractivity contribution in [2.24, 2.45) is 0 Å². The van der Waals surface area contributed by atoms with E-state index >= 15 is 0 Å². The van der Waals surface area contributed by atoms with Crippen LogP contribution in [0.2, 0.25) is 0 Å². The van der Waals surface area contributed by atoms with Crippen LogP contribution in [-0.2, 0) is 29.8 Å². The lowest BCUT2D eigenvalue weighted by atomic mass is 10.2. The molecule has 26 heavy (non-hydrogen) atoms. The summed E-state index contributed by atoms with van der Waals surface area (Å²) in [6, 6.07) is 6.38. The number of aryl methyl sites for hydroxylation is 1. The number of phenolic OH excluding ortho intramolecular Hbond substituents is 1. The average molecular weight is 420 g/mol. The van der Waals surface area contributed by atoms with E-state index in [1.807, 2.05) is 0 Å². The third-order valence-corrected chi connectivity index (χ3v) is 6.94. The molecule has 2 rings (SSSR count). The van der Waals surface area contributed by atoms with Gasteiger partial charge in [0, 0.05) is 18.6 Å². The fourth-order valence-electron chi connectivity index (χ4n) is 2.16. The maximum absolute atomic E-state index is 12.5. The van der Waals surface area contributed by atoms with Crippen LogP contribution in [0, 0.1) is 6.92 Å². The van der Waals surface area contributed by atoms with E-state index < -0.39 is 39.6 Å². The number of aromatic hydroxyl groups is 1. The van der Waals surface area contributed by atoms with E-state index in [9.17, 15) is 30.4 Å². The van der Waals surface area contributed by atoms with Crippen LogP contribution < -0.4 is 4.18 Å². The zero-order chi connectivity index (χ0) is 19.9. The van der Waals surface area contributed by atoms with Crippen molar-refractivity contribution in [3.05, 3.63) is 42.0 Å². The van der Waals surface area contributed by atoms with Crippen LogP contribution in [0.3, 0.4) is 0 Å². The fourth-order valence-corrected chi connectivity index (χ4v) is 5.40. The van der Waals surface area contributed by atoms with Crippen molar-refractivity contribution in [3.8, 4) is 11.5 Å². The van der Waals surface area contributed by atoms with E-state index in [1.165, 1.54) is 12.1 Å². The van der Waals surface area contributed by atoms with E-state index in [4.69, 9.17) is 4.18 Å². The molecular weight excluding hydrogens is 404 g/mol. The molecule has 0 aliphatic rings. The molecule has 0 spiro atoms. The van der Waals surface area contributed by atoms with Gasteiger partial charge in [-0.3, -0.25) is 0 Å². The molecule has 0 radical (unpaired) electrons. The molecule has 0 heterocycles. The topological polar surface area (TPSA) is 132 Å². The molecular formula is C15H16O8S3. The van der Waals surface area contributed by atoms with E-state index in [0.717, 1.165) is 36.8 Å². The van der Waals surface area contributed by atoms with Crippen LogP contribution in [0.25, 0.3) is 0 Å². The van der Waals surface area contributed by atoms with Crippen molar-refractivity contribution in [2.75, 3.05) is 12.5 Å². The molecule has 2 aromatic rings. The smallest absolute Gasteiger partial charge is 0.340 e. The van der Waals surface area contributed by atoms with Crippen LogP contribution in [0.4, 0.5) is 0 Å². The predicted octanol–water partition coefficient (Wildman–Crippen LogP) is 1.28. The van der Waals surface area contributed by atoms with Gasteiger partial charge in [-0.1, -0.05) is 0 Å². The Bertz CT molecular complexity index is 1160. The Morgan fingerprint density at radius 1 is 0.808 bits per heavy atom. The quantitative estimate of drug-likeness (QED) is 0.715. The minimum Gasteiger partial charge on any atom is -0.508 e. The zero-order valence-electron chi connectivity index (χ0n) is 14.0. The van der Waals surface area contributed by atoms with Gasteiger partial charge in [0.05, 0.1) is 9.79 Å². The molecule has 1 N–H and O–H groups in total. The van der Waals surface area contributed by atoms with Gasteiger partial charge in [0.1, 0.15) is 16.4 Å². The second kappa shape index (κ2) is 6.56. The van der Waals surface area contributed by atoms with Crippen molar-refractivity contribution in [3.63, 3.8) is 0 Å². The largest absolute Gasteiger partial charge is 0.508 e. The van der Waals surface area contributed by atoms with E-state index in [-0.39, 0.29) is 16.4 Å². The number of rotatable bonds is 5. The van der Waals surface area contributed by atoms with Gasteiger partial charge in [0.15, 0.2) is 19.7 Å². The summed E-state index contributed by atoms with van der Waals surface area (Å²) in [4.78, 5) is -1.74. The van der Waals surface area contributed by atoms with Gasteiger partial charge in [-0.2, -0.15) is 8.42 Å². The second-order valence-corrected chi connectivity index (χ2v) is 11.2. The number of benzene rings is 2. The minimum atomic E-state index is -4.61. The summed E-state index contributed by atoms with van der Waals surface area (Å²) in [5.74, 6) is -0.444. The summed E-state index contributed by atoms with van der Waals surface area (Å²) in [5, 5.41) is 9.53. The van der Waals surface area contributed by atoms with Crippen LogP contribution in [-0.4, -0.2) is 42.9 Å². The van der Waals surface area contributed by atoms with Crippen LogP contribution >= 0.6 is 0 Å². The van der Waals surface area contributed by atoms with Gasteiger partial charge < -0.3 is 9.29 Å². The first-order valence-corrected chi connectivity index (χ1v) is 12.2. The Balaban J connectivity index is 2.65. The maximum Gasteiger partial charge on any atom is 0.340 e. The summed E-state index contributed by atoms with van der Waals surface area (Å²) >= 11 is 0. The summed E-state index contributed by atoms with van der Waals surface area (Å²) in [6.07, 6.45) is 1.63. The minimum absolute atomic E-state index is 0.214. The highest BCUT2D eigenvalue weighted by atomic mass is 32.2. The van der Waals surface area contributed by atoms with Crippen molar-refractivity contribution >= 4 is 29.8 Å². The Kier molecular flexibility index (Phi) is 5.10. The van der Waals surface area contributed by atoms with Crippen molar-refractivity contribution in [2.45, 2.75) is 21.6 Å². The van der Waals surface area contributed by atoms with E-state index in [1.54, 1.807) is 6.92 Å². The third-order valence-electron chi connectivity index (χ3n) is 3.25. The van der Waals surface area contributed by atoms with Crippen LogP contribution in [0.15, 0.2) is 51.1 Å². The number of hydrogen-bond donors (Lipinski definition) is 1. The highest BCUT2D eigenvalue weighted by molar-refractivity contribution is 7.92. The Morgan fingerprint density at radius 3 is 1.92 bits per heavy atom. The van der Waals surface area contributed by atoms with Crippen molar-refractivity contribution in [1.82, 2.24) is 0 Å². The monoisotopic (exact) mass is 420 g/mol. The van der Waals surface area contributed by atoms with Crippen LogP contribution in [0.1, 0.15) is 5.56 Å². The number of phenols is 1. The average Bonchev–Trinajstić information content (AvgIpc) is 2.43. The molecule has 0 unspecified atom stereocenters. The molecule has 2 aromatic carbocycles. The summed E-state index contributed by atoms with van der Waals surface area (Å²) < 4.78 is 77.2. The van der Waals surface area contributed by atoms with Gasteiger partial charge in [0.25, 0.3) is 0 Å². The van der Waals surface area contributed by atoms with Gasteiger partial charge in [-0.15, -0.1) is 0 Å². The first-order valence-electron chi connectivity index (χ1n) is 6.99. The van der Waals surface area contributed by atoms with Gasteiger partial charge in [-0.05, 0) is 42.8 Å². The highest BCUT2D eigenvalue weighted by Crippen LogP contribution is 2.29. The normalized spacial score (nSPS) is 12.7. The van der Waals surface area contributed by atoms with E-state index in [0.29, 0.717) is 5.56 Å². The molecule has 0 atom stereocenters. The van der Waals surface area contributed by atoms with Crippen LogP contribution in [0.5, 0.6) is 11.5 Å². The predicted molar refractivity (Wildman–Crippen MR) is 93.3 cm³/mol. The number of sulfone groups is 2. The Hall–Kier alpha value is -2.11. The van der Waals surface area contributed by atoms with Gasteiger partial charge in [-0.25, -0.2) is 16.8 Å². The maximum atomic E-state index is 12.5. The molecule has 0 bridgehead atoms. The standard InChI is InChI=1S/C15H16O8S3/c1-10-6-11(16)8-12(7-10)23-26(21,22)14-5-4-13(24(2,17)18)9-15(14)25(3,19)20/h4-9,16H,1-3H3. The van der Waals surface area contributed by atoms with Crippen molar-refractivity contribution < 1.29 is 34.5 Å². The van der Waals surface area contributed by atoms with Crippen molar-refractivity contribution in [1.29, 1.82) is 0 Å². The lowest BCUT2D eigenvalue weighted by Gasteiger charge is -2.12. The molecule has 0 aliphatic carbocycles. The highest BCUT2D eigenvalue weighted by Gasteiger charge is 2.28. The molecule has 0 aliphatic heterocycles. The first kappa shape index (κ1) is 20.2. The Labute approximate surface area is 152 Å².